The molecule has 0 spiro atoms. The second kappa shape index (κ2) is 9.15. The van der Waals surface area contributed by atoms with E-state index in [0.29, 0.717) is 25.6 Å². The third-order valence-electron chi connectivity index (χ3n) is 2.06. The highest BCUT2D eigenvalue weighted by atomic mass is 16.4. The maximum absolute atomic E-state index is 11.2. The van der Waals surface area contributed by atoms with Crippen LogP contribution in [0.1, 0.15) is 39.5 Å². The molecule has 0 bridgehead atoms. The molecule has 0 saturated heterocycles. The van der Waals surface area contributed by atoms with Gasteiger partial charge in [0.2, 0.25) is 5.91 Å². The summed E-state index contributed by atoms with van der Waals surface area (Å²) in [6.45, 7) is 4.93. The van der Waals surface area contributed by atoms with Crippen LogP contribution in [-0.2, 0) is 9.59 Å². The van der Waals surface area contributed by atoms with E-state index in [4.69, 9.17) is 5.11 Å². The molecule has 5 heteroatoms. The van der Waals surface area contributed by atoms with E-state index in [2.05, 4.69) is 10.6 Å². The molecule has 94 valence electrons. The number of amides is 1. The van der Waals surface area contributed by atoms with Crippen LogP contribution in [0.3, 0.4) is 0 Å². The Hall–Kier alpha value is -1.10. The summed E-state index contributed by atoms with van der Waals surface area (Å²) < 4.78 is 0. The summed E-state index contributed by atoms with van der Waals surface area (Å²) in [6, 6.07) is 0.307. The molecule has 0 radical (unpaired) electrons. The van der Waals surface area contributed by atoms with Gasteiger partial charge in [0.15, 0.2) is 0 Å². The summed E-state index contributed by atoms with van der Waals surface area (Å²) in [6.07, 6.45) is 2.56. The normalized spacial score (nSPS) is 10.4. The number of unbranched alkanes of at least 4 members (excludes halogenated alkanes) is 2. The van der Waals surface area contributed by atoms with Crippen molar-refractivity contribution in [3.63, 3.8) is 0 Å². The van der Waals surface area contributed by atoms with Crippen LogP contribution in [0.5, 0.6) is 0 Å². The van der Waals surface area contributed by atoms with Gasteiger partial charge in [0.1, 0.15) is 0 Å². The topological polar surface area (TPSA) is 78.4 Å². The molecule has 0 atom stereocenters. The highest BCUT2D eigenvalue weighted by Gasteiger charge is 2.01. The van der Waals surface area contributed by atoms with Crippen LogP contribution in [0.2, 0.25) is 0 Å². The standard InChI is InChI=1S/C11H22N2O3/c1-9(2)13-8-10(14)12-7-5-3-4-6-11(15)16/h9,13H,3-8H2,1-2H3,(H,12,14)(H,15,16). The average Bonchev–Trinajstić information content (AvgIpc) is 2.19. The SMILES string of the molecule is CC(C)NCC(=O)NCCCCCC(=O)O. The first-order valence-electron chi connectivity index (χ1n) is 5.74. The highest BCUT2D eigenvalue weighted by Crippen LogP contribution is 1.98. The fraction of sp³-hybridized carbons (Fsp3) is 0.818. The fourth-order valence-corrected chi connectivity index (χ4v) is 1.17. The first-order valence-corrected chi connectivity index (χ1v) is 5.74. The molecule has 16 heavy (non-hydrogen) atoms. The number of hydrogen-bond acceptors (Lipinski definition) is 3. The summed E-state index contributed by atoms with van der Waals surface area (Å²) in [7, 11) is 0. The number of carbonyl (C=O) groups excluding carboxylic acids is 1. The molecule has 0 fully saturated rings. The summed E-state index contributed by atoms with van der Waals surface area (Å²) in [5.74, 6) is -0.767. The molecule has 0 unspecified atom stereocenters. The highest BCUT2D eigenvalue weighted by molar-refractivity contribution is 5.77. The molecule has 0 aliphatic rings. The molecular weight excluding hydrogens is 208 g/mol. The molecule has 0 rings (SSSR count). The lowest BCUT2D eigenvalue weighted by atomic mass is 10.2. The molecule has 0 aliphatic heterocycles. The molecular formula is C11H22N2O3. The van der Waals surface area contributed by atoms with Crippen molar-refractivity contribution in [1.29, 1.82) is 0 Å². The smallest absolute Gasteiger partial charge is 0.303 e. The van der Waals surface area contributed by atoms with Gasteiger partial charge in [0.25, 0.3) is 0 Å². The van der Waals surface area contributed by atoms with Crippen molar-refractivity contribution in [2.75, 3.05) is 13.1 Å². The van der Waals surface area contributed by atoms with Gasteiger partial charge in [0.05, 0.1) is 6.54 Å². The molecule has 0 aromatic heterocycles. The Labute approximate surface area is 96.6 Å². The number of carbonyl (C=O) groups is 2. The summed E-state index contributed by atoms with van der Waals surface area (Å²) in [5.41, 5.74) is 0. The minimum Gasteiger partial charge on any atom is -0.481 e. The second-order valence-electron chi connectivity index (χ2n) is 4.09. The van der Waals surface area contributed by atoms with Crippen LogP contribution in [0.25, 0.3) is 0 Å². The van der Waals surface area contributed by atoms with Crippen molar-refractivity contribution in [2.45, 2.75) is 45.6 Å². The zero-order valence-electron chi connectivity index (χ0n) is 10.1. The van der Waals surface area contributed by atoms with Crippen LogP contribution in [0.15, 0.2) is 0 Å². The molecule has 0 heterocycles. The first kappa shape index (κ1) is 14.9. The van der Waals surface area contributed by atoms with Gasteiger partial charge in [-0.2, -0.15) is 0 Å². The van der Waals surface area contributed by atoms with E-state index < -0.39 is 5.97 Å². The lowest BCUT2D eigenvalue weighted by Crippen LogP contribution is -2.37. The zero-order valence-corrected chi connectivity index (χ0v) is 10.1. The predicted octanol–water partition coefficient (Wildman–Crippen LogP) is 0.746. The number of carboxylic acid groups (broad SMARTS) is 1. The maximum Gasteiger partial charge on any atom is 0.303 e. The lowest BCUT2D eigenvalue weighted by Gasteiger charge is -2.08. The Bertz CT molecular complexity index is 217. The van der Waals surface area contributed by atoms with E-state index in [1.54, 1.807) is 0 Å². The number of nitrogens with one attached hydrogen (secondary N) is 2. The molecule has 1 amide bonds. The molecule has 0 aromatic carbocycles. The van der Waals surface area contributed by atoms with E-state index in [9.17, 15) is 9.59 Å². The molecule has 0 aliphatic carbocycles. The zero-order chi connectivity index (χ0) is 12.4. The fourth-order valence-electron chi connectivity index (χ4n) is 1.17. The Morgan fingerprint density at radius 3 is 2.44 bits per heavy atom. The molecule has 0 saturated carbocycles. The van der Waals surface area contributed by atoms with E-state index in [1.807, 2.05) is 13.8 Å². The monoisotopic (exact) mass is 230 g/mol. The van der Waals surface area contributed by atoms with Crippen molar-refractivity contribution in [3.8, 4) is 0 Å². The van der Waals surface area contributed by atoms with Gasteiger partial charge in [-0.1, -0.05) is 20.3 Å². The van der Waals surface area contributed by atoms with Gasteiger partial charge < -0.3 is 15.7 Å². The summed E-state index contributed by atoms with van der Waals surface area (Å²) in [5, 5.41) is 14.2. The Morgan fingerprint density at radius 1 is 1.19 bits per heavy atom. The lowest BCUT2D eigenvalue weighted by molar-refractivity contribution is -0.137. The van der Waals surface area contributed by atoms with Crippen molar-refractivity contribution in [2.24, 2.45) is 0 Å². The Morgan fingerprint density at radius 2 is 1.88 bits per heavy atom. The Kier molecular flexibility index (Phi) is 8.52. The summed E-state index contributed by atoms with van der Waals surface area (Å²) in [4.78, 5) is 21.4. The molecule has 0 aromatic rings. The van der Waals surface area contributed by atoms with Gasteiger partial charge in [-0.3, -0.25) is 9.59 Å². The Balaban J connectivity index is 3.24. The molecule has 3 N–H and O–H groups in total. The van der Waals surface area contributed by atoms with Crippen LogP contribution >= 0.6 is 0 Å². The van der Waals surface area contributed by atoms with Crippen molar-refractivity contribution in [3.05, 3.63) is 0 Å². The van der Waals surface area contributed by atoms with Gasteiger partial charge in [-0.05, 0) is 12.8 Å². The number of aliphatic carboxylic acids is 1. The van der Waals surface area contributed by atoms with Gasteiger partial charge >= 0.3 is 5.97 Å². The third kappa shape index (κ3) is 11.0. The minimum atomic E-state index is -0.759. The van der Waals surface area contributed by atoms with Crippen molar-refractivity contribution < 1.29 is 14.7 Å². The maximum atomic E-state index is 11.2. The predicted molar refractivity (Wildman–Crippen MR) is 62.3 cm³/mol. The van der Waals surface area contributed by atoms with E-state index in [-0.39, 0.29) is 12.3 Å². The average molecular weight is 230 g/mol. The van der Waals surface area contributed by atoms with Crippen LogP contribution in [-0.4, -0.2) is 36.1 Å². The largest absolute Gasteiger partial charge is 0.481 e. The van der Waals surface area contributed by atoms with Crippen LogP contribution in [0, 0.1) is 0 Å². The van der Waals surface area contributed by atoms with E-state index in [0.717, 1.165) is 12.8 Å². The van der Waals surface area contributed by atoms with Crippen LogP contribution in [0.4, 0.5) is 0 Å². The van der Waals surface area contributed by atoms with Crippen molar-refractivity contribution in [1.82, 2.24) is 10.6 Å². The first-order chi connectivity index (χ1) is 7.52. The van der Waals surface area contributed by atoms with Gasteiger partial charge in [-0.15, -0.1) is 0 Å². The van der Waals surface area contributed by atoms with Gasteiger partial charge in [0, 0.05) is 19.0 Å². The third-order valence-corrected chi connectivity index (χ3v) is 2.06. The second-order valence-corrected chi connectivity index (χ2v) is 4.09. The van der Waals surface area contributed by atoms with Crippen molar-refractivity contribution >= 4 is 11.9 Å². The quantitative estimate of drug-likeness (QED) is 0.511. The minimum absolute atomic E-state index is 0.00747. The van der Waals surface area contributed by atoms with Crippen LogP contribution < -0.4 is 10.6 Å². The molecule has 5 nitrogen and oxygen atoms in total. The summed E-state index contributed by atoms with van der Waals surface area (Å²) >= 11 is 0. The van der Waals surface area contributed by atoms with Gasteiger partial charge in [-0.25, -0.2) is 0 Å². The van der Waals surface area contributed by atoms with E-state index >= 15 is 0 Å². The van der Waals surface area contributed by atoms with E-state index in [1.165, 1.54) is 0 Å². The number of hydrogen-bond donors (Lipinski definition) is 3. The number of carboxylic acids is 1. The number of rotatable bonds is 9.